The summed E-state index contributed by atoms with van der Waals surface area (Å²) in [4.78, 5) is -0.511. The van der Waals surface area contributed by atoms with Crippen molar-refractivity contribution in [1.82, 2.24) is 0 Å². The smallest absolute Gasteiger partial charge is 0.192 e. The first-order valence-corrected chi connectivity index (χ1v) is 9.58. The Morgan fingerprint density at radius 2 is 1.62 bits per heavy atom. The third-order valence-electron chi connectivity index (χ3n) is 6.40. The summed E-state index contributed by atoms with van der Waals surface area (Å²) < 4.78 is 2.34. The van der Waals surface area contributed by atoms with E-state index in [4.69, 9.17) is 23.2 Å². The Bertz CT molecular complexity index is 801. The van der Waals surface area contributed by atoms with Gasteiger partial charge in [-0.2, -0.15) is 4.58 Å². The molecule has 1 nitrogen and oxygen atoms in total. The van der Waals surface area contributed by atoms with Crippen molar-refractivity contribution in [2.45, 2.75) is 30.3 Å². The van der Waals surface area contributed by atoms with Crippen LogP contribution in [-0.4, -0.2) is 15.8 Å². The molecule has 3 fully saturated rings. The molecule has 1 heterocycles. The SMILES string of the molecule is Cl/C(c1ccccc1)=[N+]1/[C@@H]2C[C@H]3CC[C@@H]2[C@H]3[C@@]1(Cl)c1ccccc1. The number of hydrogen-bond donors (Lipinski definition) is 0. The highest BCUT2D eigenvalue weighted by atomic mass is 35.5. The lowest BCUT2D eigenvalue weighted by Crippen LogP contribution is -2.45. The third-order valence-corrected chi connectivity index (χ3v) is 7.46. The van der Waals surface area contributed by atoms with E-state index in [2.05, 4.69) is 47.0 Å². The van der Waals surface area contributed by atoms with Gasteiger partial charge in [-0.3, -0.25) is 0 Å². The molecule has 2 aliphatic carbocycles. The van der Waals surface area contributed by atoms with Gasteiger partial charge in [0, 0.05) is 17.9 Å². The average molecular weight is 357 g/mol. The van der Waals surface area contributed by atoms with E-state index in [1.807, 2.05) is 18.2 Å². The van der Waals surface area contributed by atoms with Crippen LogP contribution in [0.25, 0.3) is 0 Å². The second-order valence-electron chi connectivity index (χ2n) is 7.40. The van der Waals surface area contributed by atoms with E-state index < -0.39 is 5.00 Å². The van der Waals surface area contributed by atoms with Crippen LogP contribution in [0.2, 0.25) is 0 Å². The average Bonchev–Trinajstić information content (AvgIpc) is 3.29. The van der Waals surface area contributed by atoms with Crippen LogP contribution in [-0.2, 0) is 5.00 Å². The Hall–Kier alpha value is -1.31. The van der Waals surface area contributed by atoms with Crippen molar-refractivity contribution in [3.05, 3.63) is 71.8 Å². The molecule has 4 bridgehead atoms. The van der Waals surface area contributed by atoms with Gasteiger partial charge in [0.1, 0.15) is 0 Å². The quantitative estimate of drug-likeness (QED) is 0.395. The Morgan fingerprint density at radius 1 is 0.958 bits per heavy atom. The molecule has 0 aromatic heterocycles. The summed E-state index contributed by atoms with van der Waals surface area (Å²) in [7, 11) is 0. The fourth-order valence-corrected chi connectivity index (χ4v) is 6.70. The van der Waals surface area contributed by atoms with Crippen molar-refractivity contribution < 1.29 is 4.58 Å². The molecule has 1 aliphatic heterocycles. The molecule has 24 heavy (non-hydrogen) atoms. The fraction of sp³-hybridized carbons (Fsp3) is 0.381. The minimum Gasteiger partial charge on any atom is -0.192 e. The zero-order chi connectivity index (χ0) is 16.3. The molecule has 3 aliphatic rings. The molecular weight excluding hydrogens is 337 g/mol. The number of alkyl halides is 1. The normalized spacial score (nSPS) is 38.6. The van der Waals surface area contributed by atoms with Crippen LogP contribution >= 0.6 is 23.2 Å². The molecule has 0 N–H and O–H groups in total. The first-order valence-electron chi connectivity index (χ1n) is 8.83. The number of nitrogens with zero attached hydrogens (tertiary/aromatic N) is 1. The minimum absolute atomic E-state index is 0.471. The minimum atomic E-state index is -0.511. The topological polar surface area (TPSA) is 3.01 Å². The highest BCUT2D eigenvalue weighted by Gasteiger charge is 2.73. The third kappa shape index (κ3) is 1.86. The Balaban J connectivity index is 1.74. The lowest BCUT2D eigenvalue weighted by Gasteiger charge is -2.33. The molecule has 2 saturated carbocycles. The predicted molar refractivity (Wildman–Crippen MR) is 98.7 cm³/mol. The Labute approximate surface area is 152 Å². The molecule has 1 saturated heterocycles. The van der Waals surface area contributed by atoms with Gasteiger partial charge in [-0.05, 0) is 54.1 Å². The number of halogens is 2. The second-order valence-corrected chi connectivity index (χ2v) is 8.33. The van der Waals surface area contributed by atoms with Crippen LogP contribution in [0.3, 0.4) is 0 Å². The summed E-state index contributed by atoms with van der Waals surface area (Å²) in [5.74, 6) is 1.92. The summed E-state index contributed by atoms with van der Waals surface area (Å²) >= 11 is 14.4. The second kappa shape index (κ2) is 5.34. The van der Waals surface area contributed by atoms with Crippen LogP contribution in [0.1, 0.15) is 30.4 Å². The van der Waals surface area contributed by atoms with Gasteiger partial charge in [-0.1, -0.05) is 48.5 Å². The largest absolute Gasteiger partial charge is 0.278 e. The van der Waals surface area contributed by atoms with Crippen molar-refractivity contribution in [3.63, 3.8) is 0 Å². The van der Waals surface area contributed by atoms with Gasteiger partial charge < -0.3 is 0 Å². The Morgan fingerprint density at radius 3 is 2.33 bits per heavy atom. The van der Waals surface area contributed by atoms with Gasteiger partial charge >= 0.3 is 0 Å². The van der Waals surface area contributed by atoms with Gasteiger partial charge in [0.2, 0.25) is 0 Å². The fourth-order valence-electron chi connectivity index (χ4n) is 5.60. The summed E-state index contributed by atoms with van der Waals surface area (Å²) in [5, 5.41) is 0.798. The lowest BCUT2D eigenvalue weighted by molar-refractivity contribution is -0.618. The zero-order valence-electron chi connectivity index (χ0n) is 13.4. The Kier molecular flexibility index (Phi) is 3.34. The first-order chi connectivity index (χ1) is 11.7. The number of hydrogen-bond acceptors (Lipinski definition) is 0. The molecule has 3 heteroatoms. The van der Waals surface area contributed by atoms with Crippen molar-refractivity contribution in [1.29, 1.82) is 0 Å². The molecule has 5 atom stereocenters. The van der Waals surface area contributed by atoms with Crippen molar-refractivity contribution in [2.75, 3.05) is 0 Å². The zero-order valence-corrected chi connectivity index (χ0v) is 14.9. The number of rotatable bonds is 2. The van der Waals surface area contributed by atoms with Crippen LogP contribution < -0.4 is 0 Å². The maximum absolute atomic E-state index is 7.45. The molecule has 122 valence electrons. The van der Waals surface area contributed by atoms with Crippen molar-refractivity contribution >= 4 is 28.4 Å². The molecule has 0 spiro atoms. The monoisotopic (exact) mass is 356 g/mol. The highest BCUT2D eigenvalue weighted by Crippen LogP contribution is 2.66. The van der Waals surface area contributed by atoms with Crippen molar-refractivity contribution in [3.8, 4) is 0 Å². The van der Waals surface area contributed by atoms with Gasteiger partial charge in [-0.25, -0.2) is 0 Å². The molecule has 0 unspecified atom stereocenters. The van der Waals surface area contributed by atoms with E-state index in [1.165, 1.54) is 24.8 Å². The summed E-state index contributed by atoms with van der Waals surface area (Å²) in [5.41, 5.74) is 2.24. The molecule has 2 aromatic rings. The van der Waals surface area contributed by atoms with E-state index in [0.29, 0.717) is 17.9 Å². The van der Waals surface area contributed by atoms with Crippen LogP contribution in [0.5, 0.6) is 0 Å². The molecule has 5 rings (SSSR count). The van der Waals surface area contributed by atoms with E-state index >= 15 is 0 Å². The maximum Gasteiger partial charge on any atom is 0.278 e. The number of benzene rings is 2. The summed E-state index contributed by atoms with van der Waals surface area (Å²) in [6.07, 6.45) is 3.85. The van der Waals surface area contributed by atoms with E-state index in [1.54, 1.807) is 0 Å². The standard InChI is InChI=1S/C21H20Cl2N/c22-20(14-7-3-1-4-8-14)24-18-13-15-11-12-17(18)19(15)21(24,23)16-9-5-2-6-10-16/h1-10,15,17-19H,11-13H2/q+1/b24-20-/t15-,17+,18-,19+,21-/m1/s1. The molecular formula is C21H20Cl2N+. The number of piperidine rings is 1. The van der Waals surface area contributed by atoms with E-state index in [-0.39, 0.29) is 0 Å². The van der Waals surface area contributed by atoms with Crippen LogP contribution in [0.15, 0.2) is 60.7 Å². The van der Waals surface area contributed by atoms with E-state index in [9.17, 15) is 0 Å². The molecule has 0 amide bonds. The van der Waals surface area contributed by atoms with Crippen LogP contribution in [0, 0.1) is 17.8 Å². The molecule has 0 radical (unpaired) electrons. The van der Waals surface area contributed by atoms with Gasteiger partial charge in [-0.15, -0.1) is 0 Å². The van der Waals surface area contributed by atoms with Gasteiger partial charge in [0.15, 0.2) is 6.04 Å². The molecule has 2 aromatic carbocycles. The van der Waals surface area contributed by atoms with Gasteiger partial charge in [0.05, 0.1) is 11.5 Å². The van der Waals surface area contributed by atoms with Crippen molar-refractivity contribution in [2.24, 2.45) is 17.8 Å². The maximum atomic E-state index is 7.45. The lowest BCUT2D eigenvalue weighted by atomic mass is 9.85. The van der Waals surface area contributed by atoms with Gasteiger partial charge in [0.25, 0.3) is 10.2 Å². The first kappa shape index (κ1) is 15.0. The highest BCUT2D eigenvalue weighted by molar-refractivity contribution is 6.68. The summed E-state index contributed by atoms with van der Waals surface area (Å²) in [6, 6.07) is 21.3. The predicted octanol–water partition coefficient (Wildman–Crippen LogP) is 5.20. The van der Waals surface area contributed by atoms with Crippen LogP contribution in [0.4, 0.5) is 0 Å². The summed E-state index contributed by atoms with van der Waals surface area (Å²) in [6.45, 7) is 0. The van der Waals surface area contributed by atoms with E-state index in [0.717, 1.165) is 16.7 Å².